The van der Waals surface area contributed by atoms with E-state index in [-0.39, 0.29) is 12.4 Å². The maximum absolute atomic E-state index is 5.71. The van der Waals surface area contributed by atoms with Crippen molar-refractivity contribution < 1.29 is 0 Å². The van der Waals surface area contributed by atoms with E-state index in [1.54, 1.807) is 11.3 Å². The summed E-state index contributed by atoms with van der Waals surface area (Å²) in [6.07, 6.45) is 4.43. The molecule has 0 spiro atoms. The minimum absolute atomic E-state index is 0. The molecule has 0 bridgehead atoms. The van der Waals surface area contributed by atoms with Gasteiger partial charge in [0.15, 0.2) is 5.13 Å². The second-order valence-electron chi connectivity index (χ2n) is 5.15. The number of likely N-dealkylation sites (tertiary alicyclic amines) is 1. The molecule has 1 atom stereocenters. The molecule has 2 aromatic rings. The van der Waals surface area contributed by atoms with E-state index in [0.29, 0.717) is 11.2 Å². The Balaban J connectivity index is 0.00000147. The van der Waals surface area contributed by atoms with Crippen molar-refractivity contribution in [3.8, 4) is 0 Å². The Hall–Kier alpha value is -1.10. The first kappa shape index (κ1) is 15.3. The first-order valence-corrected chi connectivity index (χ1v) is 7.55. The van der Waals surface area contributed by atoms with Crippen molar-refractivity contribution in [1.29, 1.82) is 0 Å². The molecule has 3 nitrogen and oxygen atoms in total. The van der Waals surface area contributed by atoms with Gasteiger partial charge in [0.1, 0.15) is 0 Å². The molecule has 1 fully saturated rings. The van der Waals surface area contributed by atoms with Crippen LogP contribution < -0.4 is 5.73 Å². The molecule has 5 heteroatoms. The standard InChI is InChI=1S/C15H19N3S.ClH/c1-11-5-2-3-6-13(11)14-7-4-8-18(14)10-12-9-17-15(16)19-12;/h2-3,5-6,9,14H,4,7-8,10H2,1H3,(H2,16,17);1H. The molecule has 0 aliphatic carbocycles. The number of halogens is 1. The second kappa shape index (κ2) is 6.57. The van der Waals surface area contributed by atoms with E-state index in [0.717, 1.165) is 13.1 Å². The molecule has 1 aliphatic heterocycles. The lowest BCUT2D eigenvalue weighted by Gasteiger charge is -2.25. The first-order chi connectivity index (χ1) is 9.24. The van der Waals surface area contributed by atoms with E-state index in [2.05, 4.69) is 41.1 Å². The van der Waals surface area contributed by atoms with Crippen molar-refractivity contribution in [2.75, 3.05) is 12.3 Å². The summed E-state index contributed by atoms with van der Waals surface area (Å²) < 4.78 is 0. The smallest absolute Gasteiger partial charge is 0.180 e. The Kier molecular flexibility index (Phi) is 5.02. The van der Waals surface area contributed by atoms with E-state index < -0.39 is 0 Å². The van der Waals surface area contributed by atoms with Crippen LogP contribution in [0.25, 0.3) is 0 Å². The van der Waals surface area contributed by atoms with Gasteiger partial charge in [-0.1, -0.05) is 24.3 Å². The van der Waals surface area contributed by atoms with Crippen molar-refractivity contribution >= 4 is 28.9 Å². The molecule has 0 amide bonds. The lowest BCUT2D eigenvalue weighted by Crippen LogP contribution is -2.22. The van der Waals surface area contributed by atoms with Crippen LogP contribution in [0.2, 0.25) is 0 Å². The summed E-state index contributed by atoms with van der Waals surface area (Å²) in [6.45, 7) is 4.33. The highest BCUT2D eigenvalue weighted by molar-refractivity contribution is 7.15. The van der Waals surface area contributed by atoms with Crippen LogP contribution in [0.4, 0.5) is 5.13 Å². The topological polar surface area (TPSA) is 42.2 Å². The van der Waals surface area contributed by atoms with Gasteiger partial charge < -0.3 is 5.73 Å². The van der Waals surface area contributed by atoms with Crippen LogP contribution in [0.5, 0.6) is 0 Å². The average molecular weight is 310 g/mol. The summed E-state index contributed by atoms with van der Waals surface area (Å²) in [5.41, 5.74) is 8.57. The fourth-order valence-corrected chi connectivity index (χ4v) is 3.63. The van der Waals surface area contributed by atoms with Gasteiger partial charge in [0.2, 0.25) is 0 Å². The molecule has 1 aromatic heterocycles. The molecule has 1 saturated heterocycles. The number of aromatic nitrogens is 1. The normalized spacial score (nSPS) is 18.9. The zero-order valence-electron chi connectivity index (χ0n) is 11.6. The van der Waals surface area contributed by atoms with Crippen molar-refractivity contribution in [2.45, 2.75) is 32.4 Å². The van der Waals surface area contributed by atoms with Gasteiger partial charge in [-0.2, -0.15) is 0 Å². The summed E-state index contributed by atoms with van der Waals surface area (Å²) in [6, 6.07) is 9.27. The number of thiazole rings is 1. The van der Waals surface area contributed by atoms with Gasteiger partial charge >= 0.3 is 0 Å². The molecule has 0 saturated carbocycles. The van der Waals surface area contributed by atoms with Crippen LogP contribution in [-0.4, -0.2) is 16.4 Å². The number of nitrogen functional groups attached to an aromatic ring is 1. The van der Waals surface area contributed by atoms with E-state index in [1.807, 2.05) is 6.20 Å². The van der Waals surface area contributed by atoms with Crippen LogP contribution >= 0.6 is 23.7 Å². The Bertz CT molecular complexity index is 570. The first-order valence-electron chi connectivity index (χ1n) is 6.74. The molecule has 1 aliphatic rings. The summed E-state index contributed by atoms with van der Waals surface area (Å²) in [4.78, 5) is 7.96. The van der Waals surface area contributed by atoms with Crippen LogP contribution in [-0.2, 0) is 6.54 Å². The van der Waals surface area contributed by atoms with Crippen LogP contribution in [0, 0.1) is 6.92 Å². The average Bonchev–Trinajstić information content (AvgIpc) is 3.00. The number of rotatable bonds is 3. The Morgan fingerprint density at radius 1 is 1.40 bits per heavy atom. The molecule has 2 heterocycles. The quantitative estimate of drug-likeness (QED) is 0.938. The monoisotopic (exact) mass is 309 g/mol. The lowest BCUT2D eigenvalue weighted by molar-refractivity contribution is 0.250. The van der Waals surface area contributed by atoms with Crippen molar-refractivity contribution in [2.24, 2.45) is 0 Å². The van der Waals surface area contributed by atoms with Gasteiger partial charge in [-0.15, -0.1) is 23.7 Å². The number of hydrogen-bond donors (Lipinski definition) is 1. The minimum atomic E-state index is 0. The molecule has 2 N–H and O–H groups in total. The molecule has 1 aromatic carbocycles. The predicted octanol–water partition coefficient (Wildman–Crippen LogP) is 3.79. The third-order valence-corrected chi connectivity index (χ3v) is 4.65. The Morgan fingerprint density at radius 2 is 2.20 bits per heavy atom. The summed E-state index contributed by atoms with van der Waals surface area (Å²) in [5.74, 6) is 0. The maximum atomic E-state index is 5.71. The molecule has 0 radical (unpaired) electrons. The predicted molar refractivity (Wildman–Crippen MR) is 87.3 cm³/mol. The largest absolute Gasteiger partial charge is 0.375 e. The lowest BCUT2D eigenvalue weighted by atomic mass is 9.99. The van der Waals surface area contributed by atoms with Crippen molar-refractivity contribution in [1.82, 2.24) is 9.88 Å². The highest BCUT2D eigenvalue weighted by Crippen LogP contribution is 2.35. The van der Waals surface area contributed by atoms with E-state index in [4.69, 9.17) is 5.73 Å². The number of anilines is 1. The molecule has 3 rings (SSSR count). The number of benzene rings is 1. The van der Waals surface area contributed by atoms with E-state index in [1.165, 1.54) is 28.8 Å². The second-order valence-corrected chi connectivity index (χ2v) is 6.30. The number of nitrogens with zero attached hydrogens (tertiary/aromatic N) is 2. The van der Waals surface area contributed by atoms with Crippen molar-refractivity contribution in [3.05, 3.63) is 46.5 Å². The fourth-order valence-electron chi connectivity index (χ4n) is 2.92. The summed E-state index contributed by atoms with van der Waals surface area (Å²) >= 11 is 1.60. The van der Waals surface area contributed by atoms with Gasteiger partial charge in [0, 0.05) is 23.7 Å². The van der Waals surface area contributed by atoms with E-state index >= 15 is 0 Å². The van der Waals surface area contributed by atoms with Crippen molar-refractivity contribution in [3.63, 3.8) is 0 Å². The van der Waals surface area contributed by atoms with Crippen LogP contribution in [0.1, 0.15) is 34.9 Å². The zero-order valence-corrected chi connectivity index (χ0v) is 13.2. The molecule has 1 unspecified atom stereocenters. The van der Waals surface area contributed by atoms with E-state index in [9.17, 15) is 0 Å². The van der Waals surface area contributed by atoms with Crippen LogP contribution in [0.15, 0.2) is 30.5 Å². The summed E-state index contributed by atoms with van der Waals surface area (Å²) in [7, 11) is 0. The third-order valence-electron chi connectivity index (χ3n) is 3.84. The molecular formula is C15H20ClN3S. The van der Waals surface area contributed by atoms with Gasteiger partial charge in [-0.3, -0.25) is 4.90 Å². The highest BCUT2D eigenvalue weighted by atomic mass is 35.5. The fraction of sp³-hybridized carbons (Fsp3) is 0.400. The van der Waals surface area contributed by atoms with Gasteiger partial charge in [-0.05, 0) is 37.4 Å². The summed E-state index contributed by atoms with van der Waals surface area (Å²) in [5, 5.41) is 0.668. The third kappa shape index (κ3) is 3.14. The van der Waals surface area contributed by atoms with Gasteiger partial charge in [-0.25, -0.2) is 4.98 Å². The number of aryl methyl sites for hydroxylation is 1. The molecule has 20 heavy (non-hydrogen) atoms. The molecular weight excluding hydrogens is 290 g/mol. The Morgan fingerprint density at radius 3 is 2.90 bits per heavy atom. The highest BCUT2D eigenvalue weighted by Gasteiger charge is 2.27. The Labute approximate surface area is 130 Å². The van der Waals surface area contributed by atoms with Gasteiger partial charge in [0.25, 0.3) is 0 Å². The zero-order chi connectivity index (χ0) is 13.2. The van der Waals surface area contributed by atoms with Crippen LogP contribution in [0.3, 0.4) is 0 Å². The number of nitrogens with two attached hydrogens (primary N) is 1. The maximum Gasteiger partial charge on any atom is 0.180 e. The molecule has 108 valence electrons. The SMILES string of the molecule is Cc1ccccc1C1CCCN1Cc1cnc(N)s1.Cl. The van der Waals surface area contributed by atoms with Gasteiger partial charge in [0.05, 0.1) is 0 Å². The minimum Gasteiger partial charge on any atom is -0.375 e. The number of hydrogen-bond acceptors (Lipinski definition) is 4.